The molecule has 0 aromatic heterocycles. The third kappa shape index (κ3) is 2.71. The average molecular weight is 255 g/mol. The first-order valence-corrected chi connectivity index (χ1v) is 7.05. The number of ketones is 1. The van der Waals surface area contributed by atoms with Crippen LogP contribution in [0.3, 0.4) is 0 Å². The Morgan fingerprint density at radius 3 is 2.21 bits per heavy atom. The zero-order chi connectivity index (χ0) is 14.0. The summed E-state index contributed by atoms with van der Waals surface area (Å²) in [5.74, 6) is -0.344. The first kappa shape index (κ1) is 13.8. The SMILES string of the molecule is Cc1cc(C)c(C(C#N)C(=O)C2CCCC2)c(C)c1. The molecule has 1 aromatic rings. The van der Waals surface area contributed by atoms with Crippen LogP contribution in [0.1, 0.15) is 53.9 Å². The molecule has 1 atom stereocenters. The van der Waals surface area contributed by atoms with Gasteiger partial charge in [-0.3, -0.25) is 4.79 Å². The maximum atomic E-state index is 12.5. The summed E-state index contributed by atoms with van der Waals surface area (Å²) in [6.07, 6.45) is 4.17. The minimum absolute atomic E-state index is 0.102. The molecule has 1 aromatic carbocycles. The molecule has 0 saturated heterocycles. The van der Waals surface area contributed by atoms with Crippen LogP contribution < -0.4 is 0 Å². The van der Waals surface area contributed by atoms with Crippen LogP contribution >= 0.6 is 0 Å². The van der Waals surface area contributed by atoms with Crippen LogP contribution in [0.25, 0.3) is 0 Å². The van der Waals surface area contributed by atoms with Crippen molar-refractivity contribution in [2.75, 3.05) is 0 Å². The molecule has 1 aliphatic rings. The number of aryl methyl sites for hydroxylation is 3. The Balaban J connectivity index is 2.37. The van der Waals surface area contributed by atoms with Crippen molar-refractivity contribution < 1.29 is 4.79 Å². The van der Waals surface area contributed by atoms with E-state index in [1.165, 1.54) is 5.56 Å². The maximum absolute atomic E-state index is 12.5. The molecule has 1 saturated carbocycles. The molecule has 0 spiro atoms. The van der Waals surface area contributed by atoms with E-state index in [4.69, 9.17) is 0 Å². The molecule has 19 heavy (non-hydrogen) atoms. The number of nitriles is 1. The number of hydrogen-bond donors (Lipinski definition) is 0. The van der Waals surface area contributed by atoms with Gasteiger partial charge in [-0.1, -0.05) is 30.5 Å². The standard InChI is InChI=1S/C17H21NO/c1-11-8-12(2)16(13(3)9-11)15(10-18)17(19)14-6-4-5-7-14/h8-9,14-15H,4-7H2,1-3H3. The van der Waals surface area contributed by atoms with Crippen molar-refractivity contribution in [3.8, 4) is 6.07 Å². The number of carbonyl (C=O) groups is 1. The van der Waals surface area contributed by atoms with Crippen molar-refractivity contribution in [2.45, 2.75) is 52.4 Å². The molecule has 0 aliphatic heterocycles. The highest BCUT2D eigenvalue weighted by Crippen LogP contribution is 2.33. The van der Waals surface area contributed by atoms with E-state index >= 15 is 0 Å². The summed E-state index contributed by atoms with van der Waals surface area (Å²) in [5, 5.41) is 9.46. The fourth-order valence-electron chi connectivity index (χ4n) is 3.36. The molecule has 0 N–H and O–H groups in total. The van der Waals surface area contributed by atoms with Gasteiger partial charge >= 0.3 is 0 Å². The topological polar surface area (TPSA) is 40.9 Å². The van der Waals surface area contributed by atoms with Gasteiger partial charge < -0.3 is 0 Å². The summed E-state index contributed by atoms with van der Waals surface area (Å²) in [7, 11) is 0. The molecule has 1 unspecified atom stereocenters. The molecule has 0 heterocycles. The van der Waals surface area contributed by atoms with Crippen LogP contribution in [0.4, 0.5) is 0 Å². The van der Waals surface area contributed by atoms with E-state index in [0.717, 1.165) is 42.4 Å². The fourth-order valence-corrected chi connectivity index (χ4v) is 3.36. The van der Waals surface area contributed by atoms with Gasteiger partial charge in [-0.05, 0) is 50.3 Å². The summed E-state index contributed by atoms with van der Waals surface area (Å²) in [6.45, 7) is 6.05. The predicted octanol–water partition coefficient (Wildman–Crippen LogP) is 3.98. The van der Waals surface area contributed by atoms with Crippen molar-refractivity contribution >= 4 is 5.78 Å². The third-order valence-corrected chi connectivity index (χ3v) is 4.20. The van der Waals surface area contributed by atoms with Gasteiger partial charge in [-0.2, -0.15) is 5.26 Å². The van der Waals surface area contributed by atoms with Crippen molar-refractivity contribution in [2.24, 2.45) is 5.92 Å². The van der Waals surface area contributed by atoms with Gasteiger partial charge in [-0.25, -0.2) is 0 Å². The quantitative estimate of drug-likeness (QED) is 0.819. The first-order valence-electron chi connectivity index (χ1n) is 7.05. The third-order valence-electron chi connectivity index (χ3n) is 4.20. The summed E-state index contributed by atoms with van der Waals surface area (Å²) < 4.78 is 0. The summed E-state index contributed by atoms with van der Waals surface area (Å²) in [4.78, 5) is 12.5. The van der Waals surface area contributed by atoms with Gasteiger partial charge in [0.15, 0.2) is 5.78 Å². The van der Waals surface area contributed by atoms with Crippen molar-refractivity contribution in [3.05, 3.63) is 34.4 Å². The highest BCUT2D eigenvalue weighted by atomic mass is 16.1. The molecular formula is C17H21NO. The summed E-state index contributed by atoms with van der Waals surface area (Å²) >= 11 is 0. The molecule has 0 amide bonds. The first-order chi connectivity index (χ1) is 9.04. The number of hydrogen-bond acceptors (Lipinski definition) is 2. The Bertz CT molecular complexity index is 510. The minimum Gasteiger partial charge on any atom is -0.298 e. The zero-order valence-corrected chi connectivity index (χ0v) is 12.0. The van der Waals surface area contributed by atoms with E-state index < -0.39 is 5.92 Å². The number of nitrogens with zero attached hydrogens (tertiary/aromatic N) is 1. The van der Waals surface area contributed by atoms with Crippen LogP contribution in [-0.4, -0.2) is 5.78 Å². The number of carbonyl (C=O) groups excluding carboxylic acids is 1. The summed E-state index contributed by atoms with van der Waals surface area (Å²) in [6, 6.07) is 6.37. The maximum Gasteiger partial charge on any atom is 0.157 e. The second kappa shape index (κ2) is 5.57. The Labute approximate surface area is 115 Å². The van der Waals surface area contributed by atoms with Crippen LogP contribution in [0.2, 0.25) is 0 Å². The average Bonchev–Trinajstić information content (AvgIpc) is 2.86. The normalized spacial score (nSPS) is 17.2. The van der Waals surface area contributed by atoms with E-state index in [-0.39, 0.29) is 11.7 Å². The smallest absolute Gasteiger partial charge is 0.157 e. The van der Waals surface area contributed by atoms with Crippen molar-refractivity contribution in [1.82, 2.24) is 0 Å². The fraction of sp³-hybridized carbons (Fsp3) is 0.529. The molecule has 2 nitrogen and oxygen atoms in total. The number of benzene rings is 1. The zero-order valence-electron chi connectivity index (χ0n) is 12.0. The van der Waals surface area contributed by atoms with Gasteiger partial charge in [0.05, 0.1) is 6.07 Å². The minimum atomic E-state index is -0.580. The van der Waals surface area contributed by atoms with E-state index in [1.807, 2.05) is 20.8 Å². The predicted molar refractivity (Wildman–Crippen MR) is 76.0 cm³/mol. The lowest BCUT2D eigenvalue weighted by Crippen LogP contribution is -2.20. The largest absolute Gasteiger partial charge is 0.298 e. The molecule has 0 bridgehead atoms. The second-order valence-electron chi connectivity index (χ2n) is 5.76. The van der Waals surface area contributed by atoms with Gasteiger partial charge in [0.1, 0.15) is 5.92 Å². The Kier molecular flexibility index (Phi) is 4.04. The highest BCUT2D eigenvalue weighted by molar-refractivity contribution is 5.91. The Morgan fingerprint density at radius 1 is 1.21 bits per heavy atom. The highest BCUT2D eigenvalue weighted by Gasteiger charge is 2.31. The van der Waals surface area contributed by atoms with Crippen molar-refractivity contribution in [1.29, 1.82) is 5.26 Å². The lowest BCUT2D eigenvalue weighted by molar-refractivity contribution is -0.123. The van der Waals surface area contributed by atoms with Crippen molar-refractivity contribution in [3.63, 3.8) is 0 Å². The molecule has 100 valence electrons. The van der Waals surface area contributed by atoms with E-state index in [2.05, 4.69) is 18.2 Å². The summed E-state index contributed by atoms with van der Waals surface area (Å²) in [5.41, 5.74) is 4.25. The molecule has 2 heteroatoms. The van der Waals surface area contributed by atoms with Crippen LogP contribution in [0, 0.1) is 38.0 Å². The lowest BCUT2D eigenvalue weighted by Gasteiger charge is -2.18. The Hall–Kier alpha value is -1.62. The van der Waals surface area contributed by atoms with Gasteiger partial charge in [0, 0.05) is 5.92 Å². The number of rotatable bonds is 3. The van der Waals surface area contributed by atoms with E-state index in [1.54, 1.807) is 0 Å². The van der Waals surface area contributed by atoms with E-state index in [0.29, 0.717) is 0 Å². The van der Waals surface area contributed by atoms with Crippen LogP contribution in [0.15, 0.2) is 12.1 Å². The lowest BCUT2D eigenvalue weighted by atomic mass is 9.83. The van der Waals surface area contributed by atoms with E-state index in [9.17, 15) is 10.1 Å². The molecule has 1 fully saturated rings. The van der Waals surface area contributed by atoms with Crippen LogP contribution in [-0.2, 0) is 4.79 Å². The van der Waals surface area contributed by atoms with Gasteiger partial charge in [0.25, 0.3) is 0 Å². The van der Waals surface area contributed by atoms with Crippen LogP contribution in [0.5, 0.6) is 0 Å². The second-order valence-corrected chi connectivity index (χ2v) is 5.76. The Morgan fingerprint density at radius 2 is 1.74 bits per heavy atom. The van der Waals surface area contributed by atoms with Gasteiger partial charge in [0.2, 0.25) is 0 Å². The molecular weight excluding hydrogens is 234 g/mol. The molecule has 0 radical (unpaired) electrons. The number of Topliss-reactive ketones (excluding diaryl/α,β-unsaturated/α-hetero) is 1. The molecule has 1 aliphatic carbocycles. The molecule has 2 rings (SSSR count). The monoisotopic (exact) mass is 255 g/mol. The van der Waals surface area contributed by atoms with Gasteiger partial charge in [-0.15, -0.1) is 0 Å².